The predicted molar refractivity (Wildman–Crippen MR) is 552 cm³/mol. The van der Waals surface area contributed by atoms with Gasteiger partial charge >= 0.3 is 43.7 Å². The van der Waals surface area contributed by atoms with Gasteiger partial charge in [-0.3, -0.25) is 39.0 Å². The number of hydrogen-bond donors (Lipinski definition) is 6. The van der Waals surface area contributed by atoms with E-state index >= 15 is 0 Å². The number of benzene rings is 6. The minimum atomic E-state index is -0.873. The molecule has 782 valence electrons. The number of aliphatic imine (C=N–C) groups is 2. The SMILES string of the molecule is COC(=O)NC(C(=O)N1C[C@@H](OC(=O)N2Cc3ccc4c(c3C2)OCO4)C[C@@H]1C1=NC=C(c2ccc(B3OC(C)(C)C(C)(C)O3)cc2)C1)C(C)C.COC(=O)N[C@H](C(=O)N1CCC[C@H]1c1ncc(-c2ccc(Br)cc2)[nH]1)C(C)C.COC(=O)N[C@H](C(=O)N1C[C@@H](OC(=O)N2Cc3ccc4c(c3C2)OCO4)C[C@@H]1C1=NC=C(c2ccc(-c3ccc(-c4cnc([C@@H]5CCCN5C(=O)[C@@H](NC(=O)OC)C(C)C)[nH]4)cc3)cc2)C1)C(C)C. The fourth-order valence-electron chi connectivity index (χ4n) is 20.6. The summed E-state index contributed by atoms with van der Waals surface area (Å²) in [5.74, 6) is 2.61. The highest BCUT2D eigenvalue weighted by Crippen LogP contribution is 2.47. The first kappa shape index (κ1) is 105. The number of halogens is 1. The van der Waals surface area contributed by atoms with Crippen LogP contribution in [-0.4, -0.2) is 256 Å². The number of likely N-dealkylation sites (tertiary alicyclic amines) is 4. The van der Waals surface area contributed by atoms with Crippen LogP contribution < -0.4 is 45.7 Å². The summed E-state index contributed by atoms with van der Waals surface area (Å²) < 4.78 is 67.2. The molecule has 6 aromatic carbocycles. The van der Waals surface area contributed by atoms with E-state index < -0.39 is 103 Å². The zero-order valence-corrected chi connectivity index (χ0v) is 87.7. The second-order valence-corrected chi connectivity index (χ2v) is 41.9. The molecule has 38 nitrogen and oxygen atoms in total. The average Bonchev–Trinajstić information content (AvgIpc) is 1.60. The van der Waals surface area contributed by atoms with E-state index in [1.807, 2.05) is 185 Å². The van der Waals surface area contributed by atoms with Gasteiger partial charge in [0.1, 0.15) is 48.0 Å². The number of nitrogens with zero attached hydrogens (tertiary/aromatic N) is 10. The molecule has 5 saturated heterocycles. The molecule has 13 heterocycles. The lowest BCUT2D eigenvalue weighted by molar-refractivity contribution is -0.136. The maximum Gasteiger partial charge on any atom is 0.494 e. The second-order valence-electron chi connectivity index (χ2n) is 41.0. The molecule has 0 aliphatic carbocycles. The number of aromatic amines is 2. The van der Waals surface area contributed by atoms with Crippen LogP contribution in [-0.2, 0) is 83.1 Å². The van der Waals surface area contributed by atoms with E-state index in [-0.39, 0.29) is 86.1 Å². The summed E-state index contributed by atoms with van der Waals surface area (Å²) in [6.45, 7) is 26.3. The second kappa shape index (κ2) is 44.8. The van der Waals surface area contributed by atoms with Gasteiger partial charge in [0, 0.05) is 91.3 Å². The van der Waals surface area contributed by atoms with Crippen molar-refractivity contribution >= 4 is 111 Å². The number of imidazole rings is 2. The quantitative estimate of drug-likeness (QED) is 0.0242. The lowest BCUT2D eigenvalue weighted by atomic mass is 9.78. The third-order valence-corrected chi connectivity index (χ3v) is 30.1. The largest absolute Gasteiger partial charge is 0.494 e. The van der Waals surface area contributed by atoms with Gasteiger partial charge in [0.25, 0.3) is 0 Å². The minimum Gasteiger partial charge on any atom is -0.454 e. The van der Waals surface area contributed by atoms with Crippen LogP contribution in [0.3, 0.4) is 0 Å². The molecule has 1 unspecified atom stereocenters. The summed E-state index contributed by atoms with van der Waals surface area (Å²) in [6, 6.07) is 35.7. The molecule has 11 aliphatic heterocycles. The standard InChI is InChI=1S/C51H58N8O10.C37H45BN4O9.C20H25BrN4O3/c1-28(2)43(55-49(62)65-5)47(60)58-19-7-8-40(58)46-53-23-39(54-46)33-15-13-31(14-16-33)30-9-11-32(12-10-30)35-20-38(52-22-35)41-21-36(25-59(41)48(61)44(29(3)4)56-50(63)66-6)69-51(64)57-24-34-17-18-42-45(37(34)26-57)68-27-67-42;1-21(2)31(40-34(44)46-7)33(43)42-18-26(49-35(45)41-17-23-10-13-30-32(27(23)19-41)48-20-47-30)15-29(42)28-14-24(16-39-28)22-8-11-25(12-9-22)38-50-36(3,4)37(5,6)51-38;1-12(2)17(24-20(27)28-3)19(26)25-10-4-5-16(25)18-22-11-15(23-18)13-6-8-14(21)9-7-13/h9-18,22-23,28-29,36,40-41,43-44H,7-8,19-21,24-27H2,1-6H3,(H,53,54)(H,55,62)(H,56,63);8-13,16,21,26,29,31H,14-15,17-20H2,1-7H3,(H,40,44);6-9,11-12,16-17H,4-5,10H2,1-3H3,(H,22,23)(H,24,27)/t36-,40-,41+,43-,44-;26-,29+,31?;16-,17-/m000/s1. The van der Waals surface area contributed by atoms with Crippen molar-refractivity contribution in [2.75, 3.05) is 68.2 Å². The number of rotatable bonds is 24. The van der Waals surface area contributed by atoms with E-state index in [2.05, 4.69) is 98.3 Å². The number of aromatic nitrogens is 4. The Balaban J connectivity index is 0.000000165. The Labute approximate surface area is 868 Å². The fourth-order valence-corrected chi connectivity index (χ4v) is 20.8. The molecule has 10 amide bonds. The number of fused-ring (bicyclic) bond motifs is 6. The van der Waals surface area contributed by atoms with Gasteiger partial charge in [0.15, 0.2) is 23.0 Å². The highest BCUT2D eigenvalue weighted by molar-refractivity contribution is 9.10. The summed E-state index contributed by atoms with van der Waals surface area (Å²) in [4.78, 5) is 167. The van der Waals surface area contributed by atoms with Crippen molar-refractivity contribution in [2.24, 2.45) is 33.7 Å². The lowest BCUT2D eigenvalue weighted by Gasteiger charge is -2.32. The van der Waals surface area contributed by atoms with E-state index in [4.69, 9.17) is 61.9 Å². The number of carbonyl (C=O) groups is 10. The van der Waals surface area contributed by atoms with Gasteiger partial charge in [-0.25, -0.2) is 38.7 Å². The predicted octanol–water partition coefficient (Wildman–Crippen LogP) is 15.5. The first-order valence-electron chi connectivity index (χ1n) is 50.3. The van der Waals surface area contributed by atoms with Crippen molar-refractivity contribution < 1.29 is 105 Å². The van der Waals surface area contributed by atoms with Gasteiger partial charge in [-0.05, 0) is 162 Å². The number of nitrogens with one attached hydrogen (secondary N) is 6. The number of methoxy groups -OCH3 is 4. The molecule has 0 spiro atoms. The van der Waals surface area contributed by atoms with Gasteiger partial charge in [-0.15, -0.1) is 0 Å². The maximum atomic E-state index is 14.3. The number of amides is 10. The van der Waals surface area contributed by atoms with Crippen molar-refractivity contribution in [3.05, 3.63) is 196 Å². The van der Waals surface area contributed by atoms with Gasteiger partial charge < -0.3 is 108 Å². The molecule has 19 rings (SSSR count). The summed E-state index contributed by atoms with van der Waals surface area (Å²) in [5, 5.41) is 10.8. The molecule has 6 N–H and O–H groups in total. The van der Waals surface area contributed by atoms with Crippen LogP contribution in [0.1, 0.15) is 192 Å². The molecule has 40 heteroatoms. The van der Waals surface area contributed by atoms with Crippen molar-refractivity contribution in [3.63, 3.8) is 0 Å². The van der Waals surface area contributed by atoms with Gasteiger partial charge in [-0.2, -0.15) is 0 Å². The fraction of sp³-hybridized carbons (Fsp3) is 0.463. The molecule has 0 saturated carbocycles. The van der Waals surface area contributed by atoms with Crippen LogP contribution >= 0.6 is 15.9 Å². The zero-order valence-electron chi connectivity index (χ0n) is 86.1. The van der Waals surface area contributed by atoms with Crippen molar-refractivity contribution in [1.29, 1.82) is 0 Å². The first-order chi connectivity index (χ1) is 70.9. The Bertz CT molecular complexity index is 6430. The molecule has 0 radical (unpaired) electrons. The molecule has 148 heavy (non-hydrogen) atoms. The molecule has 5 fully saturated rings. The number of H-pyrrole nitrogens is 2. The zero-order chi connectivity index (χ0) is 105. The summed E-state index contributed by atoms with van der Waals surface area (Å²) in [7, 11) is 4.63. The van der Waals surface area contributed by atoms with E-state index in [9.17, 15) is 47.9 Å². The third kappa shape index (κ3) is 22.7. The van der Waals surface area contributed by atoms with Gasteiger partial charge in [-0.1, -0.05) is 168 Å². The van der Waals surface area contributed by atoms with Crippen LogP contribution in [0.15, 0.2) is 161 Å². The van der Waals surface area contributed by atoms with Crippen molar-refractivity contribution in [2.45, 2.75) is 232 Å². The van der Waals surface area contributed by atoms with Crippen LogP contribution in [0.25, 0.3) is 44.8 Å². The van der Waals surface area contributed by atoms with Crippen LogP contribution in [0, 0.1) is 23.7 Å². The van der Waals surface area contributed by atoms with Crippen LogP contribution in [0.2, 0.25) is 0 Å². The van der Waals surface area contributed by atoms with Crippen LogP contribution in [0.5, 0.6) is 23.0 Å². The number of carbonyl (C=O) groups excluding carboxylic acids is 10. The van der Waals surface area contributed by atoms with E-state index in [1.165, 1.54) is 28.4 Å². The van der Waals surface area contributed by atoms with Crippen molar-refractivity contribution in [3.8, 4) is 56.6 Å². The highest BCUT2D eigenvalue weighted by Gasteiger charge is 2.53. The highest BCUT2D eigenvalue weighted by atomic mass is 79.9. The molecule has 0 bridgehead atoms. The summed E-state index contributed by atoms with van der Waals surface area (Å²) in [6.07, 6.45) is 7.48. The number of allylic oxidation sites excluding steroid dienone is 2. The lowest BCUT2D eigenvalue weighted by Crippen LogP contribution is -2.53. The Morgan fingerprint density at radius 3 is 1.14 bits per heavy atom. The average molecular weight is 2090 g/mol. The third-order valence-electron chi connectivity index (χ3n) is 29.5. The van der Waals surface area contributed by atoms with Crippen molar-refractivity contribution in [1.82, 2.24) is 70.6 Å². The number of ether oxygens (including phenoxy) is 10. The smallest absolute Gasteiger partial charge is 0.454 e. The molecule has 2 aromatic heterocycles. The molecular formula is C108H128BBrN16O22. The van der Waals surface area contributed by atoms with Crippen LogP contribution in [0.4, 0.5) is 28.8 Å². The Kier molecular flexibility index (Phi) is 31.8. The van der Waals surface area contributed by atoms with E-state index in [0.717, 1.165) is 131 Å². The molecule has 10 atom stereocenters. The van der Waals surface area contributed by atoms with E-state index in [1.54, 1.807) is 36.9 Å². The Morgan fingerprint density at radius 2 is 0.770 bits per heavy atom. The minimum absolute atomic E-state index is 0.0530. The molecular weight excluding hydrogens is 1960 g/mol. The normalized spacial score (nSPS) is 20.7. The van der Waals surface area contributed by atoms with Gasteiger partial charge in [0.2, 0.25) is 37.2 Å². The Morgan fingerprint density at radius 1 is 0.426 bits per heavy atom. The monoisotopic (exact) mass is 2090 g/mol. The Hall–Kier alpha value is -14.3. The molecule has 8 aromatic rings. The number of hydrogen-bond acceptors (Lipinski definition) is 26. The topological polar surface area (TPSA) is 431 Å². The summed E-state index contributed by atoms with van der Waals surface area (Å²) >= 11 is 3.44. The number of alkyl carbamates (subject to hydrolysis) is 4. The summed E-state index contributed by atoms with van der Waals surface area (Å²) in [5.41, 5.74) is 15.1. The van der Waals surface area contributed by atoms with Gasteiger partial charge in [0.05, 0.1) is 114 Å². The maximum absolute atomic E-state index is 14.3. The van der Waals surface area contributed by atoms with E-state index in [0.29, 0.717) is 93.8 Å². The molecule has 11 aliphatic rings. The first-order valence-corrected chi connectivity index (χ1v) is 51.1.